The summed E-state index contributed by atoms with van der Waals surface area (Å²) >= 11 is 0. The van der Waals surface area contributed by atoms with Crippen molar-refractivity contribution < 1.29 is 14.3 Å². The van der Waals surface area contributed by atoms with E-state index in [2.05, 4.69) is 17.6 Å². The average molecular weight is 317 g/mol. The van der Waals surface area contributed by atoms with Crippen LogP contribution in [0.15, 0.2) is 12.7 Å². The Bertz CT molecular complexity index is 688. The van der Waals surface area contributed by atoms with Crippen molar-refractivity contribution in [2.75, 3.05) is 26.0 Å². The molecular weight excluding hydrogens is 298 g/mol. The van der Waals surface area contributed by atoms with Crippen molar-refractivity contribution in [1.82, 2.24) is 14.7 Å². The maximum atomic E-state index is 12.0. The second-order valence-electron chi connectivity index (χ2n) is 5.26. The Kier molecular flexibility index (Phi) is 4.71. The molecular formula is C15H19N5O3. The Morgan fingerprint density at radius 2 is 2.30 bits per heavy atom. The molecule has 1 fully saturated rings. The van der Waals surface area contributed by atoms with Crippen LogP contribution in [0.4, 0.5) is 5.82 Å². The third-order valence-electron chi connectivity index (χ3n) is 3.89. The van der Waals surface area contributed by atoms with Crippen LogP contribution >= 0.6 is 0 Å². The first kappa shape index (κ1) is 16.6. The number of carbonyl (C=O) groups excluding carboxylic acids is 2. The number of primary amides is 1. The van der Waals surface area contributed by atoms with Crippen molar-refractivity contribution in [3.05, 3.63) is 23.9 Å². The maximum absolute atomic E-state index is 12.0. The number of likely N-dealkylation sites (tertiary alicyclic amines) is 1. The van der Waals surface area contributed by atoms with Gasteiger partial charge < -0.3 is 21.1 Å². The summed E-state index contributed by atoms with van der Waals surface area (Å²) in [5.74, 6) is 1.49. The van der Waals surface area contributed by atoms with Gasteiger partial charge in [-0.2, -0.15) is 5.10 Å². The van der Waals surface area contributed by atoms with Crippen molar-refractivity contribution in [3.63, 3.8) is 0 Å². The lowest BCUT2D eigenvalue weighted by atomic mass is 10.1. The van der Waals surface area contributed by atoms with E-state index in [1.807, 2.05) is 0 Å². The van der Waals surface area contributed by atoms with E-state index >= 15 is 0 Å². The minimum Gasteiger partial charge on any atom is -0.383 e. The molecule has 2 atom stereocenters. The number of rotatable bonds is 5. The first-order chi connectivity index (χ1) is 10.9. The van der Waals surface area contributed by atoms with Crippen LogP contribution in [0.3, 0.4) is 0 Å². The van der Waals surface area contributed by atoms with E-state index in [-0.39, 0.29) is 35.1 Å². The lowest BCUT2D eigenvalue weighted by Crippen LogP contribution is -2.37. The number of hydrogen-bond donors (Lipinski definition) is 2. The van der Waals surface area contributed by atoms with E-state index in [9.17, 15) is 9.59 Å². The Balaban J connectivity index is 2.37. The van der Waals surface area contributed by atoms with Gasteiger partial charge in [0, 0.05) is 13.7 Å². The highest BCUT2D eigenvalue weighted by Gasteiger charge is 2.37. The van der Waals surface area contributed by atoms with Crippen LogP contribution in [0, 0.1) is 12.3 Å². The van der Waals surface area contributed by atoms with Crippen LogP contribution in [0.5, 0.6) is 0 Å². The van der Waals surface area contributed by atoms with Gasteiger partial charge in [0.25, 0.3) is 5.91 Å². The average Bonchev–Trinajstić information content (AvgIpc) is 3.07. The molecule has 0 bridgehead atoms. The predicted molar refractivity (Wildman–Crippen MR) is 84.3 cm³/mol. The highest BCUT2D eigenvalue weighted by Crippen LogP contribution is 2.31. The molecule has 1 unspecified atom stereocenters. The SMILES string of the molecule is C#Cc1nn(C2C[C@H](COC)N(C(=O)C=C)C2)c(N)c1C(N)=O. The number of aromatic nitrogens is 2. The van der Waals surface area contributed by atoms with Crippen molar-refractivity contribution in [1.29, 1.82) is 0 Å². The second kappa shape index (κ2) is 6.54. The molecule has 122 valence electrons. The van der Waals surface area contributed by atoms with Crippen LogP contribution in [0.2, 0.25) is 0 Å². The van der Waals surface area contributed by atoms with Gasteiger partial charge in [0.2, 0.25) is 5.91 Å². The Morgan fingerprint density at radius 3 is 2.78 bits per heavy atom. The fraction of sp³-hybridized carbons (Fsp3) is 0.400. The van der Waals surface area contributed by atoms with Gasteiger partial charge in [-0.25, -0.2) is 4.68 Å². The maximum Gasteiger partial charge on any atom is 0.255 e. The number of anilines is 1. The van der Waals surface area contributed by atoms with E-state index in [1.54, 1.807) is 12.0 Å². The second-order valence-corrected chi connectivity index (χ2v) is 5.26. The normalized spacial score (nSPS) is 20.3. The molecule has 0 radical (unpaired) electrons. The lowest BCUT2D eigenvalue weighted by Gasteiger charge is -2.22. The molecule has 8 nitrogen and oxygen atoms in total. The number of hydrogen-bond acceptors (Lipinski definition) is 5. The first-order valence-electron chi connectivity index (χ1n) is 7.00. The molecule has 0 aliphatic carbocycles. The molecule has 0 spiro atoms. The van der Waals surface area contributed by atoms with Crippen molar-refractivity contribution >= 4 is 17.6 Å². The quantitative estimate of drug-likeness (QED) is 0.562. The van der Waals surface area contributed by atoms with Gasteiger partial charge in [-0.1, -0.05) is 6.58 Å². The largest absolute Gasteiger partial charge is 0.383 e. The van der Waals surface area contributed by atoms with Crippen molar-refractivity contribution in [2.45, 2.75) is 18.5 Å². The van der Waals surface area contributed by atoms with Gasteiger partial charge in [-0.3, -0.25) is 9.59 Å². The number of nitrogens with zero attached hydrogens (tertiary/aromatic N) is 3. The summed E-state index contributed by atoms with van der Waals surface area (Å²) in [5.41, 5.74) is 11.4. The molecule has 1 saturated heterocycles. The van der Waals surface area contributed by atoms with Crippen LogP contribution in [0.1, 0.15) is 28.5 Å². The zero-order valence-electron chi connectivity index (χ0n) is 12.9. The number of amides is 2. The highest BCUT2D eigenvalue weighted by atomic mass is 16.5. The van der Waals surface area contributed by atoms with Crippen molar-refractivity contribution in [3.8, 4) is 12.3 Å². The summed E-state index contributed by atoms with van der Waals surface area (Å²) in [5, 5.41) is 4.20. The number of nitrogens with two attached hydrogens (primary N) is 2. The molecule has 2 rings (SSSR count). The van der Waals surface area contributed by atoms with Crippen LogP contribution < -0.4 is 11.5 Å². The lowest BCUT2D eigenvalue weighted by molar-refractivity contribution is -0.127. The van der Waals surface area contributed by atoms with Crippen LogP contribution in [-0.4, -0.2) is 52.8 Å². The van der Waals surface area contributed by atoms with E-state index in [4.69, 9.17) is 22.6 Å². The monoisotopic (exact) mass is 317 g/mol. The van der Waals surface area contributed by atoms with Gasteiger partial charge >= 0.3 is 0 Å². The van der Waals surface area contributed by atoms with E-state index in [0.29, 0.717) is 19.6 Å². The molecule has 2 heterocycles. The van der Waals surface area contributed by atoms with Gasteiger partial charge in [0.15, 0.2) is 0 Å². The minimum atomic E-state index is -0.729. The smallest absolute Gasteiger partial charge is 0.255 e. The summed E-state index contributed by atoms with van der Waals surface area (Å²) in [6.45, 7) is 4.25. The summed E-state index contributed by atoms with van der Waals surface area (Å²) in [7, 11) is 1.56. The molecule has 8 heteroatoms. The third kappa shape index (κ3) is 2.91. The summed E-state index contributed by atoms with van der Waals surface area (Å²) in [4.78, 5) is 25.1. The van der Waals surface area contributed by atoms with E-state index in [0.717, 1.165) is 0 Å². The van der Waals surface area contributed by atoms with Gasteiger partial charge in [-0.05, 0) is 18.4 Å². The fourth-order valence-electron chi connectivity index (χ4n) is 2.88. The summed E-state index contributed by atoms with van der Waals surface area (Å²) in [6.07, 6.45) is 7.17. The number of methoxy groups -OCH3 is 1. The Morgan fingerprint density at radius 1 is 1.61 bits per heavy atom. The molecule has 1 aromatic rings. The molecule has 23 heavy (non-hydrogen) atoms. The number of terminal acetylenes is 1. The van der Waals surface area contributed by atoms with Gasteiger partial charge in [0.05, 0.1) is 18.7 Å². The minimum absolute atomic E-state index is 0.0317. The van der Waals surface area contributed by atoms with Crippen LogP contribution in [-0.2, 0) is 9.53 Å². The number of carbonyl (C=O) groups is 2. The first-order valence-corrected chi connectivity index (χ1v) is 7.00. The van der Waals surface area contributed by atoms with Crippen molar-refractivity contribution in [2.24, 2.45) is 5.73 Å². The fourth-order valence-corrected chi connectivity index (χ4v) is 2.88. The summed E-state index contributed by atoms with van der Waals surface area (Å²) < 4.78 is 6.62. The summed E-state index contributed by atoms with van der Waals surface area (Å²) in [6, 6.07) is -0.357. The molecule has 0 aromatic carbocycles. The molecule has 0 saturated carbocycles. The number of nitrogen functional groups attached to an aromatic ring is 1. The topological polar surface area (TPSA) is 116 Å². The molecule has 1 aliphatic rings. The zero-order valence-corrected chi connectivity index (χ0v) is 12.9. The van der Waals surface area contributed by atoms with Gasteiger partial charge in [-0.15, -0.1) is 6.42 Å². The standard InChI is InChI=1S/C15H19N5O3/c1-4-11-13(15(17)22)14(16)20(18-11)9-6-10(8-23-3)19(7-9)12(21)5-2/h1,5,9-10H,2,6-8,16H2,3H3,(H2,17,22)/t9?,10-/m1/s1. The molecule has 4 N–H and O–H groups in total. The van der Waals surface area contributed by atoms with E-state index in [1.165, 1.54) is 10.8 Å². The Labute approximate surface area is 134 Å². The van der Waals surface area contributed by atoms with Crippen LogP contribution in [0.25, 0.3) is 0 Å². The van der Waals surface area contributed by atoms with E-state index < -0.39 is 5.91 Å². The predicted octanol–water partition coefficient (Wildman–Crippen LogP) is -0.480. The molecule has 1 aliphatic heterocycles. The van der Waals surface area contributed by atoms with Gasteiger partial charge in [0.1, 0.15) is 17.1 Å². The Hall–Kier alpha value is -2.79. The zero-order chi connectivity index (χ0) is 17.1. The molecule has 1 aromatic heterocycles. The number of ether oxygens (including phenoxy) is 1. The highest BCUT2D eigenvalue weighted by molar-refractivity contribution is 5.99. The third-order valence-corrected chi connectivity index (χ3v) is 3.89. The molecule has 2 amide bonds.